The van der Waals surface area contributed by atoms with Gasteiger partial charge in [-0.25, -0.2) is 0 Å². The molecule has 2 aromatic heterocycles. The van der Waals surface area contributed by atoms with Crippen LogP contribution < -0.4 is 5.32 Å². The maximum atomic E-state index is 12.4. The van der Waals surface area contributed by atoms with E-state index >= 15 is 0 Å². The van der Waals surface area contributed by atoms with Gasteiger partial charge < -0.3 is 5.32 Å². The van der Waals surface area contributed by atoms with Crippen LogP contribution in [0.5, 0.6) is 0 Å². The number of carbonyl (C=O) groups excluding carboxylic acids is 1. The molecule has 2 heterocycles. The van der Waals surface area contributed by atoms with Gasteiger partial charge in [-0.05, 0) is 57.9 Å². The molecule has 1 N–H and O–H groups in total. The first-order valence-corrected chi connectivity index (χ1v) is 10.7. The molecule has 0 saturated carbocycles. The summed E-state index contributed by atoms with van der Waals surface area (Å²) in [5.41, 5.74) is 4.19. The number of amides is 1. The highest BCUT2D eigenvalue weighted by Gasteiger charge is 2.18. The molecular formula is C20H24N4OS2. The van der Waals surface area contributed by atoms with Crippen molar-refractivity contribution in [2.75, 3.05) is 11.1 Å². The van der Waals surface area contributed by atoms with Gasteiger partial charge in [0.15, 0.2) is 11.0 Å². The summed E-state index contributed by atoms with van der Waals surface area (Å²) in [5, 5.41) is 14.6. The Kier molecular flexibility index (Phi) is 6.01. The van der Waals surface area contributed by atoms with Crippen LogP contribution in [-0.4, -0.2) is 26.4 Å². The first-order valence-electron chi connectivity index (χ1n) is 8.86. The average Bonchev–Trinajstić information content (AvgIpc) is 3.23. The molecule has 1 aromatic carbocycles. The summed E-state index contributed by atoms with van der Waals surface area (Å²) < 4.78 is 2.09. The summed E-state index contributed by atoms with van der Waals surface area (Å²) in [7, 11) is 0. The normalized spacial score (nSPS) is 11.2. The minimum atomic E-state index is -0.0417. The summed E-state index contributed by atoms with van der Waals surface area (Å²) in [5.74, 6) is 1.10. The lowest BCUT2D eigenvalue weighted by Gasteiger charge is -2.13. The summed E-state index contributed by atoms with van der Waals surface area (Å²) in [6, 6.07) is 8.25. The highest BCUT2D eigenvalue weighted by atomic mass is 32.2. The van der Waals surface area contributed by atoms with E-state index in [1.165, 1.54) is 16.6 Å². The van der Waals surface area contributed by atoms with Crippen molar-refractivity contribution in [3.05, 3.63) is 45.6 Å². The van der Waals surface area contributed by atoms with E-state index in [1.54, 1.807) is 11.3 Å². The molecule has 1 amide bonds. The molecule has 0 aliphatic carbocycles. The Morgan fingerprint density at radius 1 is 1.26 bits per heavy atom. The highest BCUT2D eigenvalue weighted by molar-refractivity contribution is 7.99. The molecule has 142 valence electrons. The van der Waals surface area contributed by atoms with Gasteiger partial charge in [0.1, 0.15) is 0 Å². The number of thioether (sulfide) groups is 1. The van der Waals surface area contributed by atoms with Gasteiger partial charge in [-0.2, -0.15) is 0 Å². The number of benzene rings is 1. The SMILES string of the molecule is Cc1cc(-c2nnc(SCC(=O)Nc3cccc(C)c3C)n2C(C)C)cs1. The quantitative estimate of drug-likeness (QED) is 0.575. The number of thiophene rings is 1. The third-order valence-corrected chi connectivity index (χ3v) is 6.19. The Morgan fingerprint density at radius 2 is 2.04 bits per heavy atom. The van der Waals surface area contributed by atoms with Crippen molar-refractivity contribution in [3.63, 3.8) is 0 Å². The number of nitrogens with zero attached hydrogens (tertiary/aromatic N) is 3. The van der Waals surface area contributed by atoms with Crippen LogP contribution in [0.3, 0.4) is 0 Å². The maximum Gasteiger partial charge on any atom is 0.234 e. The van der Waals surface area contributed by atoms with Crippen molar-refractivity contribution in [3.8, 4) is 11.4 Å². The van der Waals surface area contributed by atoms with Crippen LogP contribution in [-0.2, 0) is 4.79 Å². The van der Waals surface area contributed by atoms with E-state index in [9.17, 15) is 4.79 Å². The number of aromatic nitrogens is 3. The van der Waals surface area contributed by atoms with E-state index in [-0.39, 0.29) is 11.9 Å². The van der Waals surface area contributed by atoms with E-state index in [1.807, 2.05) is 32.0 Å². The largest absolute Gasteiger partial charge is 0.325 e. The molecule has 0 spiro atoms. The molecule has 0 radical (unpaired) electrons. The third kappa shape index (κ3) is 4.42. The zero-order chi connectivity index (χ0) is 19.6. The predicted octanol–water partition coefficient (Wildman–Crippen LogP) is 5.24. The topological polar surface area (TPSA) is 59.8 Å². The van der Waals surface area contributed by atoms with Gasteiger partial charge in [0, 0.05) is 27.5 Å². The van der Waals surface area contributed by atoms with Crippen molar-refractivity contribution in [2.24, 2.45) is 0 Å². The van der Waals surface area contributed by atoms with Gasteiger partial charge in [-0.3, -0.25) is 9.36 Å². The van der Waals surface area contributed by atoms with Crippen LogP contribution in [0.4, 0.5) is 5.69 Å². The number of anilines is 1. The lowest BCUT2D eigenvalue weighted by molar-refractivity contribution is -0.113. The second kappa shape index (κ2) is 8.27. The lowest BCUT2D eigenvalue weighted by Crippen LogP contribution is -2.16. The van der Waals surface area contributed by atoms with Crippen LogP contribution in [0.1, 0.15) is 35.9 Å². The van der Waals surface area contributed by atoms with E-state index in [0.717, 1.165) is 33.4 Å². The van der Waals surface area contributed by atoms with E-state index in [0.29, 0.717) is 5.75 Å². The molecule has 0 atom stereocenters. The molecule has 3 rings (SSSR count). The predicted molar refractivity (Wildman–Crippen MR) is 114 cm³/mol. The molecule has 0 aliphatic heterocycles. The minimum Gasteiger partial charge on any atom is -0.325 e. The zero-order valence-corrected chi connectivity index (χ0v) is 17.9. The van der Waals surface area contributed by atoms with Gasteiger partial charge in [-0.1, -0.05) is 23.9 Å². The Balaban J connectivity index is 1.73. The van der Waals surface area contributed by atoms with Crippen molar-refractivity contribution in [2.45, 2.75) is 45.8 Å². The Morgan fingerprint density at radius 3 is 2.70 bits per heavy atom. The number of hydrogen-bond acceptors (Lipinski definition) is 5. The Labute approximate surface area is 168 Å². The van der Waals surface area contributed by atoms with Crippen molar-refractivity contribution >= 4 is 34.7 Å². The zero-order valence-electron chi connectivity index (χ0n) is 16.2. The third-order valence-electron chi connectivity index (χ3n) is 4.38. The van der Waals surface area contributed by atoms with Crippen LogP contribution >= 0.6 is 23.1 Å². The van der Waals surface area contributed by atoms with Crippen LogP contribution in [0.2, 0.25) is 0 Å². The fourth-order valence-electron chi connectivity index (χ4n) is 2.80. The minimum absolute atomic E-state index is 0.0417. The van der Waals surface area contributed by atoms with Crippen molar-refractivity contribution in [1.29, 1.82) is 0 Å². The van der Waals surface area contributed by atoms with E-state index in [4.69, 9.17) is 0 Å². The Hall–Kier alpha value is -2.12. The van der Waals surface area contributed by atoms with E-state index in [2.05, 4.69) is 52.3 Å². The van der Waals surface area contributed by atoms with Gasteiger partial charge in [0.05, 0.1) is 5.75 Å². The van der Waals surface area contributed by atoms with Crippen molar-refractivity contribution < 1.29 is 4.79 Å². The molecule has 0 saturated heterocycles. The molecule has 0 unspecified atom stereocenters. The number of rotatable bonds is 6. The van der Waals surface area contributed by atoms with Crippen LogP contribution in [0.15, 0.2) is 34.8 Å². The summed E-state index contributed by atoms with van der Waals surface area (Å²) >= 11 is 3.11. The van der Waals surface area contributed by atoms with Gasteiger partial charge in [0.2, 0.25) is 5.91 Å². The molecule has 5 nitrogen and oxygen atoms in total. The fourth-order valence-corrected chi connectivity index (χ4v) is 4.35. The second-order valence-electron chi connectivity index (χ2n) is 6.80. The first-order chi connectivity index (χ1) is 12.9. The van der Waals surface area contributed by atoms with E-state index < -0.39 is 0 Å². The van der Waals surface area contributed by atoms with Gasteiger partial charge >= 0.3 is 0 Å². The van der Waals surface area contributed by atoms with Gasteiger partial charge in [-0.15, -0.1) is 21.5 Å². The monoisotopic (exact) mass is 400 g/mol. The molecule has 7 heteroatoms. The Bertz CT molecular complexity index is 959. The number of aryl methyl sites for hydroxylation is 2. The molecular weight excluding hydrogens is 376 g/mol. The molecule has 0 fully saturated rings. The summed E-state index contributed by atoms with van der Waals surface area (Å²) in [6.45, 7) is 10.3. The first kappa shape index (κ1) is 19.6. The molecule has 0 bridgehead atoms. The molecule has 27 heavy (non-hydrogen) atoms. The number of hydrogen-bond donors (Lipinski definition) is 1. The number of nitrogens with one attached hydrogen (secondary N) is 1. The second-order valence-corrected chi connectivity index (χ2v) is 8.86. The highest BCUT2D eigenvalue weighted by Crippen LogP contribution is 2.30. The smallest absolute Gasteiger partial charge is 0.234 e. The summed E-state index contributed by atoms with van der Waals surface area (Å²) in [6.07, 6.45) is 0. The fraction of sp³-hybridized carbons (Fsp3) is 0.350. The molecule has 3 aromatic rings. The van der Waals surface area contributed by atoms with Crippen LogP contribution in [0.25, 0.3) is 11.4 Å². The average molecular weight is 401 g/mol. The maximum absolute atomic E-state index is 12.4. The van der Waals surface area contributed by atoms with Crippen molar-refractivity contribution in [1.82, 2.24) is 14.8 Å². The van der Waals surface area contributed by atoms with Crippen LogP contribution in [0, 0.1) is 20.8 Å². The standard InChI is InChI=1S/C20H24N4OS2/c1-12(2)24-19(16-9-14(4)26-10-16)22-23-20(24)27-11-18(25)21-17-8-6-7-13(3)15(17)5/h6-10,12H,11H2,1-5H3,(H,21,25). The number of carbonyl (C=O) groups is 1. The van der Waals surface area contributed by atoms with Gasteiger partial charge in [0.25, 0.3) is 0 Å². The molecule has 0 aliphatic rings. The summed E-state index contributed by atoms with van der Waals surface area (Å²) in [4.78, 5) is 13.7. The lowest BCUT2D eigenvalue weighted by atomic mass is 10.1.